The molecule has 0 spiro atoms. The molecule has 0 radical (unpaired) electrons. The number of carbonyl (C=O) groups is 1. The van der Waals surface area contributed by atoms with Crippen LogP contribution in [-0.2, 0) is 0 Å². The Morgan fingerprint density at radius 3 is 2.55 bits per heavy atom. The Morgan fingerprint density at radius 1 is 1.03 bits per heavy atom. The molecule has 31 heavy (non-hydrogen) atoms. The van der Waals surface area contributed by atoms with Gasteiger partial charge in [-0.1, -0.05) is 24.3 Å². The van der Waals surface area contributed by atoms with Gasteiger partial charge in [0, 0.05) is 33.2 Å². The number of rotatable bonds is 3. The Bertz CT molecular complexity index is 1120. The number of amides is 2. The van der Waals surface area contributed by atoms with E-state index in [-0.39, 0.29) is 7.46 Å². The average molecular weight is 419 g/mol. The molecule has 0 bridgehead atoms. The van der Waals surface area contributed by atoms with E-state index in [1.165, 1.54) is 0 Å². The summed E-state index contributed by atoms with van der Waals surface area (Å²) in [4.78, 5) is 25.8. The van der Waals surface area contributed by atoms with E-state index in [4.69, 9.17) is 9.40 Å². The molecule has 160 valence electrons. The highest BCUT2D eigenvalue weighted by Gasteiger charge is 2.26. The third-order valence-corrected chi connectivity index (χ3v) is 5.79. The fourth-order valence-corrected chi connectivity index (χ4v) is 4.01. The van der Waals surface area contributed by atoms with E-state index >= 15 is 0 Å². The van der Waals surface area contributed by atoms with Crippen molar-refractivity contribution in [3.63, 3.8) is 0 Å². The van der Waals surface area contributed by atoms with Crippen LogP contribution in [-0.4, -0.2) is 62.2 Å². The molecule has 0 unspecified atom stereocenters. The number of nitrogens with zero attached hydrogens (tertiary/aromatic N) is 6. The Labute approximate surface area is 182 Å². The van der Waals surface area contributed by atoms with Gasteiger partial charge in [0.25, 0.3) is 5.89 Å². The van der Waals surface area contributed by atoms with Crippen LogP contribution in [0.1, 0.15) is 32.1 Å². The molecular formula is C23H26N6O2. The summed E-state index contributed by atoms with van der Waals surface area (Å²) in [5, 5.41) is 8.36. The molecule has 1 aromatic carbocycles. The first-order valence-corrected chi connectivity index (χ1v) is 10.7. The topological polar surface area (TPSA) is 88.3 Å². The normalized spacial score (nSPS) is 16.5. The van der Waals surface area contributed by atoms with Gasteiger partial charge in [-0.15, -0.1) is 10.2 Å². The molecule has 0 N–H and O–H groups in total. The van der Waals surface area contributed by atoms with Crippen molar-refractivity contribution in [3.8, 4) is 23.0 Å². The maximum atomic E-state index is 12.6. The van der Waals surface area contributed by atoms with Crippen molar-refractivity contribution >= 4 is 11.6 Å². The minimum atomic E-state index is 0. The van der Waals surface area contributed by atoms with Crippen LogP contribution in [0, 0.1) is 6.92 Å². The molecule has 8 nitrogen and oxygen atoms in total. The van der Waals surface area contributed by atoms with Crippen LogP contribution in [0.4, 0.5) is 4.79 Å². The van der Waals surface area contributed by atoms with Gasteiger partial charge < -0.3 is 14.2 Å². The summed E-state index contributed by atoms with van der Waals surface area (Å²) in [6.45, 7) is 4.89. The average Bonchev–Trinajstić information content (AvgIpc) is 3.52. The van der Waals surface area contributed by atoms with Crippen LogP contribution < -0.4 is 0 Å². The Hall–Kier alpha value is -3.55. The van der Waals surface area contributed by atoms with Crippen molar-refractivity contribution in [2.75, 3.05) is 26.2 Å². The number of hydrogen-bond donors (Lipinski definition) is 0. The summed E-state index contributed by atoms with van der Waals surface area (Å²) in [6.07, 6.45) is 6.80. The number of carbonyl (C=O) groups excluding carboxylic acids is 1. The first kappa shape index (κ1) is 19.4. The molecule has 5 rings (SSSR count). The third-order valence-electron chi connectivity index (χ3n) is 5.79. The lowest BCUT2D eigenvalue weighted by atomic mass is 10.1. The number of aromatic nitrogens is 4. The molecule has 4 heterocycles. The smallest absolute Gasteiger partial charge is 0.320 e. The summed E-state index contributed by atoms with van der Waals surface area (Å²) >= 11 is 0. The Kier molecular flexibility index (Phi) is 5.19. The van der Waals surface area contributed by atoms with Crippen LogP contribution in [0.5, 0.6) is 0 Å². The molecule has 1 fully saturated rings. The van der Waals surface area contributed by atoms with Gasteiger partial charge >= 0.3 is 6.03 Å². The molecule has 0 saturated carbocycles. The zero-order chi connectivity index (χ0) is 21.2. The van der Waals surface area contributed by atoms with Crippen molar-refractivity contribution in [2.45, 2.75) is 26.2 Å². The minimum Gasteiger partial charge on any atom is -0.415 e. The van der Waals surface area contributed by atoms with E-state index in [1.54, 1.807) is 6.20 Å². The van der Waals surface area contributed by atoms with Gasteiger partial charge in [-0.3, -0.25) is 4.98 Å². The van der Waals surface area contributed by atoms with Gasteiger partial charge in [-0.25, -0.2) is 9.78 Å². The molecule has 2 aliphatic rings. The number of urea groups is 1. The lowest BCUT2D eigenvalue weighted by molar-refractivity contribution is 0.167. The SMILES string of the molecule is Cc1ncc(C2=CCN(C(=O)N3CCCC3)CC2)nc1-c1nnc(-c2ccccc2)o1.[HH]. The van der Waals surface area contributed by atoms with Gasteiger partial charge in [0.1, 0.15) is 5.69 Å². The van der Waals surface area contributed by atoms with Crippen molar-refractivity contribution in [1.82, 2.24) is 30.0 Å². The zero-order valence-electron chi connectivity index (χ0n) is 17.5. The van der Waals surface area contributed by atoms with E-state index in [0.717, 1.165) is 54.9 Å². The number of aryl methyl sites for hydroxylation is 1. The van der Waals surface area contributed by atoms with Gasteiger partial charge in [0.05, 0.1) is 17.6 Å². The molecule has 0 aliphatic carbocycles. The quantitative estimate of drug-likeness (QED) is 0.637. The highest BCUT2D eigenvalue weighted by atomic mass is 16.4. The lowest BCUT2D eigenvalue weighted by Crippen LogP contribution is -2.43. The van der Waals surface area contributed by atoms with Crippen LogP contribution in [0.25, 0.3) is 28.6 Å². The monoisotopic (exact) mass is 418 g/mol. The molecule has 1 saturated heterocycles. The second kappa shape index (κ2) is 8.29. The predicted molar refractivity (Wildman–Crippen MR) is 118 cm³/mol. The van der Waals surface area contributed by atoms with Crippen LogP contribution in [0.15, 0.2) is 47.0 Å². The van der Waals surface area contributed by atoms with Gasteiger partial charge in [0.2, 0.25) is 5.89 Å². The standard InChI is InChI=1S/C23H24N6O2.H2/c1-16-20(22-27-26-21(31-22)18-7-3-2-4-8-18)25-19(15-24-16)17-9-13-29(14-10-17)23(30)28-11-5-6-12-28;/h2-4,7-9,15H,5-6,10-14H2,1H3;1H. The molecular weight excluding hydrogens is 392 g/mol. The van der Waals surface area contributed by atoms with Crippen molar-refractivity contribution in [1.29, 1.82) is 0 Å². The molecule has 8 heteroatoms. The van der Waals surface area contributed by atoms with Crippen molar-refractivity contribution in [3.05, 3.63) is 54.0 Å². The van der Waals surface area contributed by atoms with E-state index in [0.29, 0.717) is 30.6 Å². The Morgan fingerprint density at radius 2 is 1.81 bits per heavy atom. The summed E-state index contributed by atoms with van der Waals surface area (Å²) in [7, 11) is 0. The van der Waals surface area contributed by atoms with E-state index in [2.05, 4.69) is 21.3 Å². The fourth-order valence-electron chi connectivity index (χ4n) is 4.01. The van der Waals surface area contributed by atoms with E-state index < -0.39 is 0 Å². The Balaban J connectivity index is 0.00000245. The highest BCUT2D eigenvalue weighted by molar-refractivity contribution is 5.77. The predicted octanol–water partition coefficient (Wildman–Crippen LogP) is 4.05. The lowest BCUT2D eigenvalue weighted by Gasteiger charge is -2.30. The summed E-state index contributed by atoms with van der Waals surface area (Å²) in [6, 6.07) is 9.79. The highest BCUT2D eigenvalue weighted by Crippen LogP contribution is 2.27. The van der Waals surface area contributed by atoms with Crippen LogP contribution >= 0.6 is 0 Å². The van der Waals surface area contributed by atoms with Crippen molar-refractivity contribution in [2.24, 2.45) is 0 Å². The third kappa shape index (κ3) is 3.93. The molecule has 0 atom stereocenters. The van der Waals surface area contributed by atoms with Crippen LogP contribution in [0.2, 0.25) is 0 Å². The summed E-state index contributed by atoms with van der Waals surface area (Å²) in [5.74, 6) is 0.808. The number of likely N-dealkylation sites (tertiary alicyclic amines) is 1. The van der Waals surface area contributed by atoms with Gasteiger partial charge in [-0.05, 0) is 43.9 Å². The summed E-state index contributed by atoms with van der Waals surface area (Å²) in [5.41, 5.74) is 4.05. The molecule has 2 aromatic heterocycles. The number of hydrogen-bond acceptors (Lipinski definition) is 6. The zero-order valence-corrected chi connectivity index (χ0v) is 17.5. The first-order valence-electron chi connectivity index (χ1n) is 10.7. The van der Waals surface area contributed by atoms with E-state index in [9.17, 15) is 4.79 Å². The molecule has 3 aromatic rings. The fraction of sp³-hybridized carbons (Fsp3) is 0.348. The maximum Gasteiger partial charge on any atom is 0.320 e. The largest absolute Gasteiger partial charge is 0.415 e. The number of benzene rings is 1. The van der Waals surface area contributed by atoms with Gasteiger partial charge in [0.15, 0.2) is 0 Å². The van der Waals surface area contributed by atoms with Gasteiger partial charge in [-0.2, -0.15) is 0 Å². The van der Waals surface area contributed by atoms with Crippen molar-refractivity contribution < 1.29 is 10.6 Å². The second-order valence-corrected chi connectivity index (χ2v) is 7.87. The first-order chi connectivity index (χ1) is 15.2. The molecule has 2 amide bonds. The van der Waals surface area contributed by atoms with Crippen LogP contribution in [0.3, 0.4) is 0 Å². The molecule has 2 aliphatic heterocycles. The summed E-state index contributed by atoms with van der Waals surface area (Å²) < 4.78 is 5.88. The minimum absolute atomic E-state index is 0. The van der Waals surface area contributed by atoms with E-state index in [1.807, 2.05) is 47.1 Å². The second-order valence-electron chi connectivity index (χ2n) is 7.87. The maximum absolute atomic E-state index is 12.6.